The van der Waals surface area contributed by atoms with Crippen molar-refractivity contribution in [2.45, 2.75) is 19.3 Å². The fourth-order valence-corrected chi connectivity index (χ4v) is 8.27. The Bertz CT molecular complexity index is 3020. The Kier molecular flexibility index (Phi) is 5.66. The van der Waals surface area contributed by atoms with E-state index in [0.29, 0.717) is 11.5 Å². The van der Waals surface area contributed by atoms with Crippen LogP contribution < -0.4 is 4.90 Å². The highest BCUT2D eigenvalue weighted by Gasteiger charge is 2.38. The molecule has 0 saturated carbocycles. The van der Waals surface area contributed by atoms with E-state index in [9.17, 15) is 0 Å². The fraction of sp³-hybridized carbons (Fsp3) is 0.0652. The zero-order valence-electron chi connectivity index (χ0n) is 28.0. The minimum atomic E-state index is -0.149. The second kappa shape index (κ2) is 10.2. The van der Waals surface area contributed by atoms with Gasteiger partial charge < -0.3 is 18.2 Å². The average molecular weight is 659 g/mol. The molecule has 10 aromatic rings. The van der Waals surface area contributed by atoms with Gasteiger partial charge in [-0.1, -0.05) is 98.8 Å². The number of benzene rings is 7. The van der Waals surface area contributed by atoms with Gasteiger partial charge >= 0.3 is 0 Å². The van der Waals surface area contributed by atoms with Crippen LogP contribution in [0.25, 0.3) is 77.6 Å². The van der Waals surface area contributed by atoms with E-state index in [1.807, 2.05) is 48.5 Å². The number of fused-ring (bicyclic) bond motifs is 10. The number of rotatable bonds is 4. The predicted molar refractivity (Wildman–Crippen MR) is 206 cm³/mol. The molecule has 5 heteroatoms. The van der Waals surface area contributed by atoms with E-state index in [0.717, 1.165) is 72.0 Å². The molecule has 0 radical (unpaired) electrons. The Morgan fingerprint density at radius 2 is 1.24 bits per heavy atom. The van der Waals surface area contributed by atoms with Crippen LogP contribution in [0.1, 0.15) is 25.0 Å². The number of para-hydroxylation sites is 2. The summed E-state index contributed by atoms with van der Waals surface area (Å²) in [6.07, 6.45) is 0. The molecule has 0 fully saturated rings. The monoisotopic (exact) mass is 658 g/mol. The highest BCUT2D eigenvalue weighted by atomic mass is 16.4. The molecule has 242 valence electrons. The lowest BCUT2D eigenvalue weighted by Gasteiger charge is -2.29. The van der Waals surface area contributed by atoms with E-state index in [1.54, 1.807) is 0 Å². The van der Waals surface area contributed by atoms with Gasteiger partial charge in [0.15, 0.2) is 11.2 Å². The Balaban J connectivity index is 1.18. The lowest BCUT2D eigenvalue weighted by atomic mass is 9.82. The highest BCUT2D eigenvalue weighted by Crippen LogP contribution is 2.55. The van der Waals surface area contributed by atoms with Gasteiger partial charge in [0.25, 0.3) is 0 Å². The second-order valence-electron chi connectivity index (χ2n) is 13.9. The molecule has 0 N–H and O–H groups in total. The third-order valence-corrected chi connectivity index (χ3v) is 10.7. The van der Waals surface area contributed by atoms with Gasteiger partial charge in [-0.2, -0.15) is 0 Å². The summed E-state index contributed by atoms with van der Waals surface area (Å²) in [6.45, 7) is 4.64. The Hall–Kier alpha value is -6.59. The summed E-state index contributed by atoms with van der Waals surface area (Å²) in [7, 11) is 0. The molecule has 11 rings (SSSR count). The van der Waals surface area contributed by atoms with Crippen LogP contribution in [-0.2, 0) is 5.41 Å². The number of hydrogen-bond donors (Lipinski definition) is 0. The maximum Gasteiger partial charge on any atom is 0.227 e. The quantitative estimate of drug-likeness (QED) is 0.188. The molecule has 3 aromatic heterocycles. The number of anilines is 3. The number of furan rings is 2. The molecule has 51 heavy (non-hydrogen) atoms. The van der Waals surface area contributed by atoms with Gasteiger partial charge in [0.2, 0.25) is 5.89 Å². The van der Waals surface area contributed by atoms with E-state index in [1.165, 1.54) is 22.3 Å². The summed E-state index contributed by atoms with van der Waals surface area (Å²) in [5, 5.41) is 4.17. The van der Waals surface area contributed by atoms with E-state index in [-0.39, 0.29) is 5.41 Å². The summed E-state index contributed by atoms with van der Waals surface area (Å²) in [4.78, 5) is 7.23. The lowest BCUT2D eigenvalue weighted by molar-refractivity contribution is 0.617. The summed E-state index contributed by atoms with van der Waals surface area (Å²) < 4.78 is 19.4. The van der Waals surface area contributed by atoms with Gasteiger partial charge in [-0.25, -0.2) is 4.98 Å². The van der Waals surface area contributed by atoms with Crippen LogP contribution in [0.2, 0.25) is 0 Å². The number of nitrogens with zero attached hydrogens (tertiary/aromatic N) is 2. The van der Waals surface area contributed by atoms with Crippen molar-refractivity contribution in [1.82, 2.24) is 4.98 Å². The van der Waals surface area contributed by atoms with Crippen molar-refractivity contribution in [3.05, 3.63) is 157 Å². The lowest BCUT2D eigenvalue weighted by Crippen LogP contribution is -2.16. The van der Waals surface area contributed by atoms with Crippen LogP contribution in [0.4, 0.5) is 17.1 Å². The van der Waals surface area contributed by atoms with Crippen molar-refractivity contribution in [1.29, 1.82) is 0 Å². The molecule has 0 atom stereocenters. The van der Waals surface area contributed by atoms with Gasteiger partial charge in [-0.05, 0) is 71.3 Å². The zero-order chi connectivity index (χ0) is 33.8. The maximum absolute atomic E-state index is 6.86. The Labute approximate surface area is 293 Å². The van der Waals surface area contributed by atoms with Crippen LogP contribution in [0.15, 0.2) is 159 Å². The van der Waals surface area contributed by atoms with Crippen molar-refractivity contribution >= 4 is 72.0 Å². The zero-order valence-corrected chi connectivity index (χ0v) is 28.0. The number of oxazole rings is 1. The Morgan fingerprint density at radius 1 is 0.510 bits per heavy atom. The van der Waals surface area contributed by atoms with Gasteiger partial charge in [-0.3, -0.25) is 0 Å². The van der Waals surface area contributed by atoms with Gasteiger partial charge in [0, 0.05) is 49.8 Å². The molecule has 7 aromatic carbocycles. The van der Waals surface area contributed by atoms with Crippen LogP contribution in [0.5, 0.6) is 0 Å². The predicted octanol–water partition coefficient (Wildman–Crippen LogP) is 13.1. The average Bonchev–Trinajstić information content (AvgIpc) is 3.91. The normalized spacial score (nSPS) is 13.5. The summed E-state index contributed by atoms with van der Waals surface area (Å²) in [6, 6.07) is 50.7. The molecule has 0 bridgehead atoms. The third-order valence-electron chi connectivity index (χ3n) is 10.7. The molecular formula is C46H30N2O3. The van der Waals surface area contributed by atoms with Crippen molar-refractivity contribution in [3.8, 4) is 22.6 Å². The first-order valence-electron chi connectivity index (χ1n) is 17.3. The van der Waals surface area contributed by atoms with E-state index < -0.39 is 0 Å². The molecule has 5 nitrogen and oxygen atoms in total. The summed E-state index contributed by atoms with van der Waals surface area (Å²) in [5.74, 6) is 0.595. The van der Waals surface area contributed by atoms with Crippen molar-refractivity contribution in [2.24, 2.45) is 0 Å². The number of hydrogen-bond acceptors (Lipinski definition) is 5. The standard InChI is InChI=1S/C46H30N2O3/c1-46(2)34-17-8-6-15-31(34)43-35(46)18-11-19-37(43)48(28-22-23-40-32(24-28)29-14-7-9-21-39(29)49-40)38-20-10-16-30-33-25-36-42(26-41(33)50-44(30)38)51-45(47-36)27-12-4-3-5-13-27/h3-26H,1-2H3. The SMILES string of the molecule is CC1(C)c2ccccc2-c2c(N(c3ccc4oc5ccccc5c4c3)c3cccc4c3oc3cc5oc(-c6ccccc6)nc5cc34)cccc21. The molecule has 1 aliphatic carbocycles. The molecule has 1 aliphatic rings. The highest BCUT2D eigenvalue weighted by molar-refractivity contribution is 6.14. The van der Waals surface area contributed by atoms with Crippen molar-refractivity contribution in [3.63, 3.8) is 0 Å². The van der Waals surface area contributed by atoms with Crippen LogP contribution in [0.3, 0.4) is 0 Å². The van der Waals surface area contributed by atoms with Gasteiger partial charge in [0.05, 0.1) is 11.4 Å². The number of aromatic nitrogens is 1. The molecule has 0 aliphatic heterocycles. The Morgan fingerprint density at radius 3 is 2.16 bits per heavy atom. The molecule has 0 unspecified atom stereocenters. The smallest absolute Gasteiger partial charge is 0.227 e. The molecule has 0 amide bonds. The fourth-order valence-electron chi connectivity index (χ4n) is 8.27. The molecule has 3 heterocycles. The van der Waals surface area contributed by atoms with E-state index >= 15 is 0 Å². The molecular weight excluding hydrogens is 629 g/mol. The van der Waals surface area contributed by atoms with Crippen LogP contribution in [-0.4, -0.2) is 4.98 Å². The minimum absolute atomic E-state index is 0.149. The molecule has 0 saturated heterocycles. The molecule has 0 spiro atoms. The largest absolute Gasteiger partial charge is 0.456 e. The summed E-state index contributed by atoms with van der Waals surface area (Å²) >= 11 is 0. The van der Waals surface area contributed by atoms with E-state index in [4.69, 9.17) is 18.2 Å². The second-order valence-corrected chi connectivity index (χ2v) is 13.9. The van der Waals surface area contributed by atoms with Gasteiger partial charge in [-0.15, -0.1) is 0 Å². The van der Waals surface area contributed by atoms with Crippen LogP contribution in [0, 0.1) is 0 Å². The minimum Gasteiger partial charge on any atom is -0.456 e. The van der Waals surface area contributed by atoms with Crippen molar-refractivity contribution in [2.75, 3.05) is 4.90 Å². The first-order chi connectivity index (χ1) is 25.0. The summed E-state index contributed by atoms with van der Waals surface area (Å²) in [5.41, 5.74) is 13.7. The maximum atomic E-state index is 6.86. The first kappa shape index (κ1) is 28.3. The van der Waals surface area contributed by atoms with Gasteiger partial charge in [0.1, 0.15) is 22.3 Å². The van der Waals surface area contributed by atoms with Crippen molar-refractivity contribution < 1.29 is 13.3 Å². The van der Waals surface area contributed by atoms with Crippen LogP contribution >= 0.6 is 0 Å². The first-order valence-corrected chi connectivity index (χ1v) is 17.3. The third kappa shape index (κ3) is 4.00. The van der Waals surface area contributed by atoms with E-state index in [2.05, 4.69) is 116 Å². The topological polar surface area (TPSA) is 55.6 Å².